The van der Waals surface area contributed by atoms with Gasteiger partial charge in [-0.2, -0.15) is 0 Å². The SMILES string of the molecule is CC(C)NC(=O)CC1Cc2ccccc2C2(CCN(Cc3cccnc3)CC2)O1. The highest BCUT2D eigenvalue weighted by molar-refractivity contribution is 5.76. The highest BCUT2D eigenvalue weighted by Gasteiger charge is 2.43. The maximum absolute atomic E-state index is 12.4. The Balaban J connectivity index is 1.47. The number of benzene rings is 1. The van der Waals surface area contributed by atoms with E-state index in [1.165, 1.54) is 16.7 Å². The summed E-state index contributed by atoms with van der Waals surface area (Å²) in [5.41, 5.74) is 3.63. The van der Waals surface area contributed by atoms with Gasteiger partial charge in [-0.15, -0.1) is 0 Å². The maximum Gasteiger partial charge on any atom is 0.222 e. The molecule has 3 heterocycles. The van der Waals surface area contributed by atoms with E-state index in [0.717, 1.165) is 38.9 Å². The number of piperidine rings is 1. The number of rotatable bonds is 5. The van der Waals surface area contributed by atoms with Crippen molar-refractivity contribution in [2.45, 2.75) is 63.8 Å². The smallest absolute Gasteiger partial charge is 0.222 e. The van der Waals surface area contributed by atoms with E-state index in [1.54, 1.807) is 0 Å². The fraction of sp³-hybridized carbons (Fsp3) is 0.500. The minimum atomic E-state index is -0.275. The first-order valence-electron chi connectivity index (χ1n) is 10.7. The maximum atomic E-state index is 12.4. The van der Waals surface area contributed by atoms with Crippen molar-refractivity contribution in [3.8, 4) is 0 Å². The summed E-state index contributed by atoms with van der Waals surface area (Å²) < 4.78 is 6.69. The molecular weight excluding hydrogens is 362 g/mol. The van der Waals surface area contributed by atoms with Crippen LogP contribution in [0.2, 0.25) is 0 Å². The molecule has 2 aliphatic heterocycles. The number of fused-ring (bicyclic) bond motifs is 2. The van der Waals surface area contributed by atoms with Crippen LogP contribution in [0, 0.1) is 0 Å². The second kappa shape index (κ2) is 8.64. The first-order valence-corrected chi connectivity index (χ1v) is 10.7. The molecule has 1 fully saturated rings. The number of likely N-dealkylation sites (tertiary alicyclic amines) is 1. The topological polar surface area (TPSA) is 54.5 Å². The number of ether oxygens (including phenoxy) is 1. The van der Waals surface area contributed by atoms with E-state index in [9.17, 15) is 4.79 Å². The molecule has 1 unspecified atom stereocenters. The molecule has 2 aliphatic rings. The van der Waals surface area contributed by atoms with Crippen LogP contribution in [-0.4, -0.2) is 41.0 Å². The summed E-state index contributed by atoms with van der Waals surface area (Å²) in [6.45, 7) is 6.87. The molecule has 29 heavy (non-hydrogen) atoms. The quantitative estimate of drug-likeness (QED) is 0.846. The van der Waals surface area contributed by atoms with Crippen molar-refractivity contribution in [2.24, 2.45) is 0 Å². The van der Waals surface area contributed by atoms with E-state index in [1.807, 2.05) is 32.3 Å². The zero-order valence-corrected chi connectivity index (χ0v) is 17.4. The molecule has 0 bridgehead atoms. The van der Waals surface area contributed by atoms with E-state index in [-0.39, 0.29) is 23.7 Å². The second-order valence-corrected chi connectivity index (χ2v) is 8.66. The van der Waals surface area contributed by atoms with Crippen LogP contribution in [0.1, 0.15) is 49.8 Å². The van der Waals surface area contributed by atoms with Gasteiger partial charge in [-0.05, 0) is 55.9 Å². The first kappa shape index (κ1) is 20.0. The third kappa shape index (κ3) is 4.68. The molecule has 1 saturated heterocycles. The number of hydrogen-bond acceptors (Lipinski definition) is 4. The van der Waals surface area contributed by atoms with Gasteiger partial charge < -0.3 is 10.1 Å². The van der Waals surface area contributed by atoms with Crippen molar-refractivity contribution < 1.29 is 9.53 Å². The molecule has 2 aromatic rings. The fourth-order valence-electron chi connectivity index (χ4n) is 4.72. The van der Waals surface area contributed by atoms with Crippen molar-refractivity contribution in [1.82, 2.24) is 15.2 Å². The summed E-state index contributed by atoms with van der Waals surface area (Å²) in [7, 11) is 0. The Morgan fingerprint density at radius 3 is 2.76 bits per heavy atom. The van der Waals surface area contributed by atoms with Crippen LogP contribution in [0.5, 0.6) is 0 Å². The molecule has 5 heteroatoms. The van der Waals surface area contributed by atoms with Crippen molar-refractivity contribution in [1.29, 1.82) is 0 Å². The average molecular weight is 394 g/mol. The first-order chi connectivity index (χ1) is 14.0. The summed E-state index contributed by atoms with van der Waals surface area (Å²) >= 11 is 0. The molecule has 4 rings (SSSR count). The lowest BCUT2D eigenvalue weighted by Gasteiger charge is -2.47. The van der Waals surface area contributed by atoms with Gasteiger partial charge in [0.05, 0.1) is 18.1 Å². The Bertz CT molecular complexity index is 829. The predicted molar refractivity (Wildman–Crippen MR) is 113 cm³/mol. The highest BCUT2D eigenvalue weighted by Crippen LogP contribution is 2.44. The van der Waals surface area contributed by atoms with Crippen LogP contribution in [0.25, 0.3) is 0 Å². The Labute approximate surface area is 173 Å². The number of hydrogen-bond donors (Lipinski definition) is 1. The summed E-state index contributed by atoms with van der Waals surface area (Å²) in [5.74, 6) is 0.0774. The molecule has 5 nitrogen and oxygen atoms in total. The van der Waals surface area contributed by atoms with Gasteiger partial charge in [0.15, 0.2) is 0 Å². The molecule has 0 aliphatic carbocycles. The lowest BCUT2D eigenvalue weighted by Crippen LogP contribution is -2.49. The average Bonchev–Trinajstić information content (AvgIpc) is 2.70. The third-order valence-electron chi connectivity index (χ3n) is 6.00. The number of nitrogens with zero attached hydrogens (tertiary/aromatic N) is 2. The minimum absolute atomic E-state index is 0.0616. The number of carbonyl (C=O) groups is 1. The van der Waals surface area contributed by atoms with Crippen molar-refractivity contribution in [3.63, 3.8) is 0 Å². The normalized spacial score (nSPS) is 21.1. The van der Waals surface area contributed by atoms with Crippen LogP contribution >= 0.6 is 0 Å². The number of carbonyl (C=O) groups excluding carboxylic acids is 1. The summed E-state index contributed by atoms with van der Waals surface area (Å²) in [6, 6.07) is 12.9. The van der Waals surface area contributed by atoms with Gasteiger partial charge >= 0.3 is 0 Å². The standard InChI is InChI=1S/C24H31N3O2/c1-18(2)26-23(28)15-21-14-20-7-3-4-8-22(20)24(29-21)9-12-27(13-10-24)17-19-6-5-11-25-16-19/h3-8,11,16,18,21H,9-10,12-15,17H2,1-2H3,(H,26,28). The number of amides is 1. The van der Waals surface area contributed by atoms with Crippen LogP contribution in [-0.2, 0) is 28.1 Å². The van der Waals surface area contributed by atoms with Crippen molar-refractivity contribution in [3.05, 3.63) is 65.5 Å². The number of aromatic nitrogens is 1. The van der Waals surface area contributed by atoms with Gasteiger partial charge in [0.25, 0.3) is 0 Å². The predicted octanol–water partition coefficient (Wildman–Crippen LogP) is 3.43. The van der Waals surface area contributed by atoms with E-state index >= 15 is 0 Å². The second-order valence-electron chi connectivity index (χ2n) is 8.66. The minimum Gasteiger partial charge on any atom is -0.366 e. The molecule has 1 amide bonds. The van der Waals surface area contributed by atoms with Gasteiger partial charge in [0, 0.05) is 38.1 Å². The van der Waals surface area contributed by atoms with E-state index in [4.69, 9.17) is 4.74 Å². The van der Waals surface area contributed by atoms with Gasteiger partial charge in [-0.25, -0.2) is 0 Å². The molecule has 1 N–H and O–H groups in total. The van der Waals surface area contributed by atoms with Gasteiger partial charge in [-0.1, -0.05) is 30.3 Å². The van der Waals surface area contributed by atoms with Crippen molar-refractivity contribution >= 4 is 5.91 Å². The lowest BCUT2D eigenvalue weighted by molar-refractivity contribution is -0.150. The number of pyridine rings is 1. The van der Waals surface area contributed by atoms with E-state index < -0.39 is 0 Å². The molecule has 154 valence electrons. The van der Waals surface area contributed by atoms with Crippen molar-refractivity contribution in [2.75, 3.05) is 13.1 Å². The van der Waals surface area contributed by atoms with Crippen LogP contribution in [0.15, 0.2) is 48.8 Å². The van der Waals surface area contributed by atoms with E-state index in [2.05, 4.69) is 45.5 Å². The van der Waals surface area contributed by atoms with E-state index in [0.29, 0.717) is 6.42 Å². The summed E-state index contributed by atoms with van der Waals surface area (Å²) in [5, 5.41) is 3.01. The molecule has 1 aromatic carbocycles. The molecular formula is C24H31N3O2. The Kier molecular flexibility index (Phi) is 5.97. The zero-order chi connectivity index (χ0) is 20.3. The fourth-order valence-corrected chi connectivity index (χ4v) is 4.72. The summed E-state index contributed by atoms with van der Waals surface area (Å²) in [6.07, 6.45) is 6.83. The van der Waals surface area contributed by atoms with Crippen LogP contribution < -0.4 is 5.32 Å². The summed E-state index contributed by atoms with van der Waals surface area (Å²) in [4.78, 5) is 19.1. The van der Waals surface area contributed by atoms with Crippen LogP contribution in [0.4, 0.5) is 0 Å². The lowest BCUT2D eigenvalue weighted by atomic mass is 9.77. The van der Waals surface area contributed by atoms with Gasteiger partial charge in [0.1, 0.15) is 0 Å². The zero-order valence-electron chi connectivity index (χ0n) is 17.4. The Morgan fingerprint density at radius 1 is 1.24 bits per heavy atom. The van der Waals surface area contributed by atoms with Crippen LogP contribution in [0.3, 0.4) is 0 Å². The highest BCUT2D eigenvalue weighted by atomic mass is 16.5. The largest absolute Gasteiger partial charge is 0.366 e. The molecule has 1 atom stereocenters. The Hall–Kier alpha value is -2.24. The monoisotopic (exact) mass is 393 g/mol. The van der Waals surface area contributed by atoms with Gasteiger partial charge in [0.2, 0.25) is 5.91 Å². The molecule has 0 radical (unpaired) electrons. The Morgan fingerprint density at radius 2 is 2.03 bits per heavy atom. The van der Waals surface area contributed by atoms with Gasteiger partial charge in [-0.3, -0.25) is 14.7 Å². The molecule has 1 aromatic heterocycles. The third-order valence-corrected chi connectivity index (χ3v) is 6.00. The molecule has 1 spiro atoms. The molecule has 0 saturated carbocycles. The number of nitrogens with one attached hydrogen (secondary N) is 1.